The summed E-state index contributed by atoms with van der Waals surface area (Å²) in [5.41, 5.74) is 9.66. The third-order valence-electron chi connectivity index (χ3n) is 4.07. The van der Waals surface area contributed by atoms with E-state index in [0.717, 1.165) is 36.6 Å². The van der Waals surface area contributed by atoms with Crippen LogP contribution in [0.25, 0.3) is 10.9 Å². The lowest BCUT2D eigenvalue weighted by Gasteiger charge is -2.30. The molecule has 3 nitrogen and oxygen atoms in total. The Morgan fingerprint density at radius 2 is 2.32 bits per heavy atom. The van der Waals surface area contributed by atoms with Crippen LogP contribution in [-0.4, -0.2) is 29.0 Å². The van der Waals surface area contributed by atoms with E-state index in [-0.39, 0.29) is 0 Å². The number of para-hydroxylation sites is 1. The van der Waals surface area contributed by atoms with Crippen molar-refractivity contribution in [3.8, 4) is 0 Å². The Bertz CT molecular complexity index is 590. The summed E-state index contributed by atoms with van der Waals surface area (Å²) in [5, 5.41) is 2.02. The predicted molar refractivity (Wildman–Crippen MR) is 80.5 cm³/mol. The van der Waals surface area contributed by atoms with E-state index in [4.69, 9.17) is 17.3 Å². The highest BCUT2D eigenvalue weighted by atomic mass is 35.5. The Morgan fingerprint density at radius 3 is 3.05 bits per heavy atom. The van der Waals surface area contributed by atoms with Gasteiger partial charge in [0, 0.05) is 30.2 Å². The highest BCUT2D eigenvalue weighted by molar-refractivity contribution is 6.35. The van der Waals surface area contributed by atoms with Crippen LogP contribution in [-0.2, 0) is 6.54 Å². The third kappa shape index (κ3) is 2.50. The molecule has 3 N–H and O–H groups in total. The number of aromatic nitrogens is 1. The summed E-state index contributed by atoms with van der Waals surface area (Å²) in [4.78, 5) is 5.91. The lowest BCUT2D eigenvalue weighted by atomic mass is 10.1. The Kier molecular flexibility index (Phi) is 3.52. The largest absolute Gasteiger partial charge is 0.356 e. The molecule has 0 amide bonds. The van der Waals surface area contributed by atoms with Gasteiger partial charge in [-0.15, -0.1) is 0 Å². The second kappa shape index (κ2) is 5.16. The number of nitrogens with one attached hydrogen (secondary N) is 1. The van der Waals surface area contributed by atoms with Crippen LogP contribution in [0.2, 0.25) is 5.02 Å². The number of rotatable bonds is 2. The van der Waals surface area contributed by atoms with Gasteiger partial charge in [-0.25, -0.2) is 0 Å². The molecule has 3 rings (SSSR count). The van der Waals surface area contributed by atoms with Crippen LogP contribution in [0.1, 0.15) is 24.1 Å². The number of nitrogens with zero attached hydrogens (tertiary/aromatic N) is 1. The van der Waals surface area contributed by atoms with Crippen molar-refractivity contribution in [3.63, 3.8) is 0 Å². The minimum absolute atomic E-state index is 0.321. The van der Waals surface area contributed by atoms with E-state index in [2.05, 4.69) is 22.9 Å². The first-order valence-electron chi connectivity index (χ1n) is 6.89. The number of H-pyrrole nitrogens is 1. The fourth-order valence-electron chi connectivity index (χ4n) is 2.99. The summed E-state index contributed by atoms with van der Waals surface area (Å²) in [6.07, 6.45) is 2.34. The molecule has 0 bridgehead atoms. The normalized spacial score (nSPS) is 21.1. The highest BCUT2D eigenvalue weighted by Gasteiger charge is 2.19. The van der Waals surface area contributed by atoms with Crippen molar-refractivity contribution in [2.24, 2.45) is 5.73 Å². The van der Waals surface area contributed by atoms with Crippen LogP contribution in [0.15, 0.2) is 18.2 Å². The number of likely N-dealkylation sites (tertiary alicyclic amines) is 1. The van der Waals surface area contributed by atoms with Gasteiger partial charge in [-0.3, -0.25) is 4.90 Å². The highest BCUT2D eigenvalue weighted by Crippen LogP contribution is 2.28. The minimum Gasteiger partial charge on any atom is -0.356 e. The Labute approximate surface area is 118 Å². The number of benzene rings is 1. The first kappa shape index (κ1) is 13.0. The summed E-state index contributed by atoms with van der Waals surface area (Å²) in [5.74, 6) is 0. The zero-order chi connectivity index (χ0) is 13.4. The molecule has 0 saturated carbocycles. The molecular weight excluding hydrogens is 258 g/mol. The Balaban J connectivity index is 1.88. The fourth-order valence-corrected chi connectivity index (χ4v) is 3.21. The van der Waals surface area contributed by atoms with E-state index in [1.165, 1.54) is 23.1 Å². The summed E-state index contributed by atoms with van der Waals surface area (Å²) < 4.78 is 0. The van der Waals surface area contributed by atoms with E-state index in [1.54, 1.807) is 0 Å². The maximum absolute atomic E-state index is 6.24. The average molecular weight is 278 g/mol. The molecule has 2 aromatic rings. The summed E-state index contributed by atoms with van der Waals surface area (Å²) in [6, 6.07) is 6.38. The maximum Gasteiger partial charge on any atom is 0.0648 e. The monoisotopic (exact) mass is 277 g/mol. The lowest BCUT2D eigenvalue weighted by Crippen LogP contribution is -2.42. The first-order valence-corrected chi connectivity index (χ1v) is 7.26. The van der Waals surface area contributed by atoms with Gasteiger partial charge in [-0.05, 0) is 37.9 Å². The van der Waals surface area contributed by atoms with Crippen LogP contribution in [0.4, 0.5) is 0 Å². The summed E-state index contributed by atoms with van der Waals surface area (Å²) in [6.45, 7) is 5.22. The van der Waals surface area contributed by atoms with Gasteiger partial charge in [0.05, 0.1) is 10.5 Å². The zero-order valence-electron chi connectivity index (χ0n) is 11.2. The number of hydrogen-bond donors (Lipinski definition) is 2. The molecule has 0 unspecified atom stereocenters. The first-order chi connectivity index (χ1) is 9.15. The molecule has 2 heterocycles. The van der Waals surface area contributed by atoms with Crippen molar-refractivity contribution >= 4 is 22.5 Å². The molecule has 19 heavy (non-hydrogen) atoms. The lowest BCUT2D eigenvalue weighted by molar-refractivity contribution is 0.199. The van der Waals surface area contributed by atoms with Crippen LogP contribution in [0.3, 0.4) is 0 Å². The van der Waals surface area contributed by atoms with Gasteiger partial charge in [0.2, 0.25) is 0 Å². The molecular formula is C15H20ClN3. The van der Waals surface area contributed by atoms with Crippen LogP contribution in [0, 0.1) is 6.92 Å². The number of nitrogens with two attached hydrogens (primary N) is 1. The molecule has 1 fully saturated rings. The predicted octanol–water partition coefficient (Wildman–Crippen LogP) is 3.05. The zero-order valence-corrected chi connectivity index (χ0v) is 12.0. The quantitative estimate of drug-likeness (QED) is 0.886. The number of aryl methyl sites for hydroxylation is 1. The molecule has 0 spiro atoms. The van der Waals surface area contributed by atoms with E-state index in [0.29, 0.717) is 6.04 Å². The van der Waals surface area contributed by atoms with Crippen molar-refractivity contribution in [2.75, 3.05) is 13.1 Å². The second-order valence-electron chi connectivity index (χ2n) is 5.53. The molecule has 4 heteroatoms. The van der Waals surface area contributed by atoms with Gasteiger partial charge < -0.3 is 10.7 Å². The fraction of sp³-hybridized carbons (Fsp3) is 0.467. The summed E-state index contributed by atoms with van der Waals surface area (Å²) >= 11 is 6.24. The number of piperidine rings is 1. The van der Waals surface area contributed by atoms with Crippen molar-refractivity contribution in [1.29, 1.82) is 0 Å². The molecule has 1 aromatic heterocycles. The van der Waals surface area contributed by atoms with E-state index < -0.39 is 0 Å². The number of fused-ring (bicyclic) bond motifs is 1. The second-order valence-corrected chi connectivity index (χ2v) is 5.94. The molecule has 1 atom stereocenters. The number of aromatic amines is 1. The molecule has 0 aliphatic carbocycles. The van der Waals surface area contributed by atoms with Gasteiger partial charge in [0.15, 0.2) is 0 Å². The SMILES string of the molecule is Cc1c(CN2CCC[C@@H](N)C2)[nH]c2c(Cl)cccc12. The average Bonchev–Trinajstić information content (AvgIpc) is 2.69. The molecule has 1 saturated heterocycles. The molecule has 0 radical (unpaired) electrons. The minimum atomic E-state index is 0.321. The molecule has 1 aliphatic rings. The Hall–Kier alpha value is -1.03. The van der Waals surface area contributed by atoms with Crippen molar-refractivity contribution in [1.82, 2.24) is 9.88 Å². The van der Waals surface area contributed by atoms with Crippen molar-refractivity contribution in [2.45, 2.75) is 32.4 Å². The van der Waals surface area contributed by atoms with Crippen LogP contribution < -0.4 is 5.73 Å². The number of halogens is 1. The van der Waals surface area contributed by atoms with Crippen LogP contribution >= 0.6 is 11.6 Å². The molecule has 1 aliphatic heterocycles. The maximum atomic E-state index is 6.24. The Morgan fingerprint density at radius 1 is 1.47 bits per heavy atom. The van der Waals surface area contributed by atoms with Crippen LogP contribution in [0.5, 0.6) is 0 Å². The number of hydrogen-bond acceptors (Lipinski definition) is 2. The molecule has 102 valence electrons. The van der Waals surface area contributed by atoms with Crippen molar-refractivity contribution < 1.29 is 0 Å². The molecule has 1 aromatic carbocycles. The smallest absolute Gasteiger partial charge is 0.0648 e. The summed E-state index contributed by atoms with van der Waals surface area (Å²) in [7, 11) is 0. The third-order valence-corrected chi connectivity index (χ3v) is 4.38. The van der Waals surface area contributed by atoms with Gasteiger partial charge in [0.1, 0.15) is 0 Å². The van der Waals surface area contributed by atoms with E-state index >= 15 is 0 Å². The van der Waals surface area contributed by atoms with Gasteiger partial charge >= 0.3 is 0 Å². The van der Waals surface area contributed by atoms with Gasteiger partial charge in [0.25, 0.3) is 0 Å². The standard InChI is InChI=1S/C15H20ClN3/c1-10-12-5-2-6-13(16)15(12)18-14(10)9-19-7-3-4-11(17)8-19/h2,5-6,11,18H,3-4,7-9,17H2,1H3/t11-/m1/s1. The van der Waals surface area contributed by atoms with E-state index in [1.807, 2.05) is 12.1 Å². The van der Waals surface area contributed by atoms with Gasteiger partial charge in [-0.1, -0.05) is 23.7 Å². The van der Waals surface area contributed by atoms with Gasteiger partial charge in [-0.2, -0.15) is 0 Å². The van der Waals surface area contributed by atoms with E-state index in [9.17, 15) is 0 Å². The topological polar surface area (TPSA) is 45.0 Å². The van der Waals surface area contributed by atoms with Crippen molar-refractivity contribution in [3.05, 3.63) is 34.5 Å².